The third-order valence-corrected chi connectivity index (χ3v) is 11.6. The Morgan fingerprint density at radius 1 is 0.797 bits per heavy atom. The number of para-hydroxylation sites is 3. The smallest absolute Gasteiger partial charge is 0.411 e. The van der Waals surface area contributed by atoms with Crippen LogP contribution in [0.25, 0.3) is 11.0 Å². The number of hydrogen-bond donors (Lipinski definition) is 2. The Kier molecular flexibility index (Phi) is 19.4. The zero-order valence-corrected chi connectivity index (χ0v) is 37.0. The van der Waals surface area contributed by atoms with Crippen LogP contribution in [0.2, 0.25) is 5.28 Å². The number of carbonyl (C=O) groups is 4. The van der Waals surface area contributed by atoms with Crippen molar-refractivity contribution in [3.05, 3.63) is 59.4 Å². The molecule has 2 N–H and O–H groups in total. The molecule has 4 aliphatic heterocycles. The molecule has 0 bridgehead atoms. The molecule has 2 aromatic carbocycles. The minimum atomic E-state index is -0.341. The summed E-state index contributed by atoms with van der Waals surface area (Å²) in [5.74, 6) is 1.84. The number of ether oxygens (including phenoxy) is 1. The average Bonchev–Trinajstić information content (AvgIpc) is 4.03. The predicted molar refractivity (Wildman–Crippen MR) is 232 cm³/mol. The number of imidazole rings is 1. The molecular weight excluding hydrogens is 793 g/mol. The van der Waals surface area contributed by atoms with E-state index in [4.69, 9.17) is 33.0 Å². The van der Waals surface area contributed by atoms with E-state index < -0.39 is 0 Å². The molecule has 4 aliphatic rings. The van der Waals surface area contributed by atoms with E-state index in [1.54, 1.807) is 9.80 Å². The van der Waals surface area contributed by atoms with Crippen molar-refractivity contribution in [1.82, 2.24) is 24.6 Å². The molecule has 7 rings (SSSR count). The summed E-state index contributed by atoms with van der Waals surface area (Å²) in [6.45, 7) is 14.3. The number of H-pyrrole nitrogens is 1. The lowest BCUT2D eigenvalue weighted by molar-refractivity contribution is -0.685. The van der Waals surface area contributed by atoms with Gasteiger partial charge in [0.15, 0.2) is 24.4 Å². The second kappa shape index (κ2) is 24.2. The van der Waals surface area contributed by atoms with Crippen molar-refractivity contribution >= 4 is 68.9 Å². The van der Waals surface area contributed by atoms with Gasteiger partial charge in [0, 0.05) is 70.0 Å². The number of halogens is 2. The first-order chi connectivity index (χ1) is 28.4. The van der Waals surface area contributed by atoms with Gasteiger partial charge in [-0.15, -0.1) is 0 Å². The molecule has 3 aromatic rings. The van der Waals surface area contributed by atoms with Gasteiger partial charge in [0.05, 0.1) is 5.69 Å². The van der Waals surface area contributed by atoms with Crippen molar-refractivity contribution in [2.24, 2.45) is 22.7 Å². The largest absolute Gasteiger partial charge is 0.428 e. The summed E-state index contributed by atoms with van der Waals surface area (Å²) >= 11 is 12.0. The molecular formula is C44H64Cl2N7O6+. The van der Waals surface area contributed by atoms with Crippen LogP contribution in [0.5, 0.6) is 0 Å². The van der Waals surface area contributed by atoms with E-state index >= 15 is 0 Å². The van der Waals surface area contributed by atoms with E-state index in [-0.39, 0.29) is 37.3 Å². The van der Waals surface area contributed by atoms with Gasteiger partial charge in [0.2, 0.25) is 17.7 Å². The van der Waals surface area contributed by atoms with Gasteiger partial charge < -0.3 is 29.4 Å². The molecule has 15 heteroatoms. The van der Waals surface area contributed by atoms with E-state index in [0.29, 0.717) is 67.2 Å². The SMILES string of the molecule is CCCC1CC(=O)N(CO)C1.CCCC1CC(=O)N(COC(=O)N(CC)CC)C1.CCCC1CC(=O)N(C[n+]2c(Cl)[nH]c3ccccc32)C1.ClC1=Nc2ccccc2C1. The lowest BCUT2D eigenvalue weighted by Gasteiger charge is -2.21. The van der Waals surface area contributed by atoms with Gasteiger partial charge >= 0.3 is 11.4 Å². The molecule has 3 atom stereocenters. The summed E-state index contributed by atoms with van der Waals surface area (Å²) in [6.07, 6.45) is 8.99. The highest BCUT2D eigenvalue weighted by atomic mass is 35.5. The molecule has 3 unspecified atom stereocenters. The van der Waals surface area contributed by atoms with Crippen LogP contribution in [-0.4, -0.2) is 105 Å². The number of aromatic amines is 1. The van der Waals surface area contributed by atoms with Crippen LogP contribution in [0, 0.1) is 17.8 Å². The molecule has 4 amide bonds. The van der Waals surface area contributed by atoms with Crippen molar-refractivity contribution in [2.75, 3.05) is 46.2 Å². The molecule has 324 valence electrons. The van der Waals surface area contributed by atoms with Crippen LogP contribution >= 0.6 is 23.2 Å². The number of aliphatic hydroxyl groups excluding tert-OH is 1. The fourth-order valence-corrected chi connectivity index (χ4v) is 8.46. The number of hydrogen-bond acceptors (Lipinski definition) is 7. The Hall–Kier alpha value is -4.20. The minimum absolute atomic E-state index is 0.0916. The Labute approximate surface area is 359 Å². The quantitative estimate of drug-likeness (QED) is 0.168. The number of aliphatic imine (C=N–C) groups is 1. The standard InChI is InChI=1S/C15H18ClN3O.C13H24N2O3.C8H6ClN.C8H15NO2/c1-2-5-11-8-14(20)18(9-11)10-19-13-7-4-3-6-12(13)17-15(19)16;1-4-7-11-8-12(16)15(9-11)10-18-13(17)14(5-2)6-3;9-8-5-6-3-1-2-4-7(6)10-8;1-2-3-7-4-8(11)9(5-7)6-10/h3-4,6-7,11H,2,5,8-10H2,1H3;11H,4-10H2,1-3H3;1-4H,5H2;7,10H,2-6H2,1H3/p+1. The first-order valence-corrected chi connectivity index (χ1v) is 22.0. The highest BCUT2D eigenvalue weighted by Crippen LogP contribution is 2.27. The van der Waals surface area contributed by atoms with Gasteiger partial charge in [-0.25, -0.2) is 14.8 Å². The third-order valence-electron chi connectivity index (χ3n) is 11.1. The van der Waals surface area contributed by atoms with E-state index in [1.807, 2.05) is 71.8 Å². The van der Waals surface area contributed by atoms with E-state index in [0.717, 1.165) is 81.3 Å². The molecule has 0 radical (unpaired) electrons. The van der Waals surface area contributed by atoms with Gasteiger partial charge in [-0.2, -0.15) is 4.57 Å². The van der Waals surface area contributed by atoms with E-state index in [1.165, 1.54) is 10.5 Å². The Morgan fingerprint density at radius 2 is 1.32 bits per heavy atom. The number of aliphatic hydroxyl groups is 1. The number of nitrogens with one attached hydrogen (secondary N) is 1. The zero-order valence-electron chi connectivity index (χ0n) is 35.5. The minimum Gasteiger partial charge on any atom is -0.428 e. The molecule has 0 spiro atoms. The Balaban J connectivity index is 0.000000181. The van der Waals surface area contributed by atoms with Crippen LogP contribution in [0.4, 0.5) is 10.5 Å². The van der Waals surface area contributed by atoms with Crippen molar-refractivity contribution in [1.29, 1.82) is 0 Å². The van der Waals surface area contributed by atoms with Gasteiger partial charge in [-0.1, -0.05) is 82.0 Å². The number of fused-ring (bicyclic) bond motifs is 2. The Morgan fingerprint density at radius 3 is 1.88 bits per heavy atom. The number of carbonyl (C=O) groups excluding carboxylic acids is 4. The number of rotatable bonds is 13. The van der Waals surface area contributed by atoms with Crippen LogP contribution in [0.15, 0.2) is 53.5 Å². The fourth-order valence-electron chi connectivity index (χ4n) is 7.98. The fraction of sp³-hybridized carbons (Fsp3) is 0.591. The molecule has 3 fully saturated rings. The lowest BCUT2D eigenvalue weighted by Crippen LogP contribution is -2.44. The summed E-state index contributed by atoms with van der Waals surface area (Å²) < 4.78 is 7.12. The topological polar surface area (TPSA) is 143 Å². The molecule has 13 nitrogen and oxygen atoms in total. The first-order valence-electron chi connectivity index (χ1n) is 21.3. The number of aromatic nitrogens is 2. The summed E-state index contributed by atoms with van der Waals surface area (Å²) in [4.78, 5) is 60.4. The second-order valence-electron chi connectivity index (χ2n) is 15.6. The van der Waals surface area contributed by atoms with Gasteiger partial charge in [0.25, 0.3) is 0 Å². The van der Waals surface area contributed by atoms with Crippen LogP contribution in [-0.2, 0) is 32.2 Å². The van der Waals surface area contributed by atoms with Gasteiger partial charge in [0.1, 0.15) is 11.9 Å². The highest BCUT2D eigenvalue weighted by molar-refractivity contribution is 6.66. The van der Waals surface area contributed by atoms with Crippen molar-refractivity contribution in [2.45, 2.75) is 105 Å². The van der Waals surface area contributed by atoms with Crippen molar-refractivity contribution < 1.29 is 33.6 Å². The van der Waals surface area contributed by atoms with Gasteiger partial charge in [-0.05, 0) is 74.6 Å². The van der Waals surface area contributed by atoms with Gasteiger partial charge in [-0.3, -0.25) is 14.4 Å². The molecule has 0 aliphatic carbocycles. The Bertz CT molecular complexity index is 1870. The van der Waals surface area contributed by atoms with Crippen LogP contribution in [0.1, 0.15) is 98.0 Å². The molecule has 59 heavy (non-hydrogen) atoms. The summed E-state index contributed by atoms with van der Waals surface area (Å²) in [7, 11) is 0. The normalized spacial score (nSPS) is 19.5. The second-order valence-corrected chi connectivity index (χ2v) is 16.4. The first kappa shape index (κ1) is 47.5. The van der Waals surface area contributed by atoms with Crippen LogP contribution in [0.3, 0.4) is 0 Å². The van der Waals surface area contributed by atoms with Crippen molar-refractivity contribution in [3.8, 4) is 0 Å². The highest BCUT2D eigenvalue weighted by Gasteiger charge is 2.32. The van der Waals surface area contributed by atoms with Crippen molar-refractivity contribution in [3.63, 3.8) is 0 Å². The number of nitrogens with zero attached hydrogens (tertiary/aromatic N) is 6. The third kappa shape index (κ3) is 13.9. The summed E-state index contributed by atoms with van der Waals surface area (Å²) in [6, 6.07) is 16.0. The molecule has 3 saturated heterocycles. The van der Waals surface area contributed by atoms with E-state index in [2.05, 4.69) is 30.7 Å². The average molecular weight is 858 g/mol. The maximum atomic E-state index is 12.1. The zero-order chi connectivity index (χ0) is 42.9. The summed E-state index contributed by atoms with van der Waals surface area (Å²) in [5, 5.41) is 9.99. The molecule has 0 saturated carbocycles. The maximum absolute atomic E-state index is 12.1. The molecule has 5 heterocycles. The monoisotopic (exact) mass is 856 g/mol. The lowest BCUT2D eigenvalue weighted by atomic mass is 10.0. The molecule has 1 aromatic heterocycles. The number of likely N-dealkylation sites (tertiary alicyclic amines) is 3. The summed E-state index contributed by atoms with van der Waals surface area (Å²) in [5.41, 5.74) is 4.28. The number of benzene rings is 2. The van der Waals surface area contributed by atoms with E-state index in [9.17, 15) is 19.2 Å². The van der Waals surface area contributed by atoms with Crippen LogP contribution < -0.4 is 4.57 Å². The number of amides is 4. The predicted octanol–water partition coefficient (Wildman–Crippen LogP) is 7.88. The maximum Gasteiger partial charge on any atom is 0.411 e.